The Hall–Kier alpha value is -2.37. The summed E-state index contributed by atoms with van der Waals surface area (Å²) in [7, 11) is 0. The second-order valence-corrected chi connectivity index (χ2v) is 5.34. The van der Waals surface area contributed by atoms with Gasteiger partial charge in [0.1, 0.15) is 5.75 Å². The maximum absolute atomic E-state index is 12.3. The average Bonchev–Trinajstić information content (AvgIpc) is 2.57. The van der Waals surface area contributed by atoms with Crippen molar-refractivity contribution >= 4 is 11.6 Å². The summed E-state index contributed by atoms with van der Waals surface area (Å²) in [6, 6.07) is 15.1. The average molecular weight is 313 g/mol. The highest BCUT2D eigenvalue weighted by molar-refractivity contribution is 5.95. The number of anilines is 1. The van der Waals surface area contributed by atoms with Crippen molar-refractivity contribution in [2.75, 3.05) is 25.1 Å². The number of benzene rings is 2. The third-order valence-electron chi connectivity index (χ3n) is 3.47. The van der Waals surface area contributed by atoms with Crippen molar-refractivity contribution in [2.24, 2.45) is 0 Å². The minimum atomic E-state index is -0.587. The van der Waals surface area contributed by atoms with E-state index in [0.29, 0.717) is 24.7 Å². The van der Waals surface area contributed by atoms with Crippen molar-refractivity contribution in [3.63, 3.8) is 0 Å². The summed E-state index contributed by atoms with van der Waals surface area (Å²) < 4.78 is 16.6. The maximum Gasteiger partial charge on any atom is 0.256 e. The summed E-state index contributed by atoms with van der Waals surface area (Å²) in [6.07, 6.45) is -0.587. The topological polar surface area (TPSA) is 56.8 Å². The number of para-hydroxylation sites is 2. The normalized spacial score (nSPS) is 17.5. The Morgan fingerprint density at radius 1 is 1.17 bits per heavy atom. The van der Waals surface area contributed by atoms with Crippen LogP contribution in [0, 0.1) is 6.92 Å². The Balaban J connectivity index is 1.73. The zero-order valence-corrected chi connectivity index (χ0v) is 13.0. The second-order valence-electron chi connectivity index (χ2n) is 5.34. The lowest BCUT2D eigenvalue weighted by atomic mass is 10.2. The van der Waals surface area contributed by atoms with Crippen LogP contribution in [-0.4, -0.2) is 31.8 Å². The van der Waals surface area contributed by atoms with Crippen LogP contribution in [0.2, 0.25) is 0 Å². The zero-order chi connectivity index (χ0) is 16.1. The fourth-order valence-electron chi connectivity index (χ4n) is 2.32. The molecule has 2 aromatic carbocycles. The first kappa shape index (κ1) is 15.5. The predicted molar refractivity (Wildman–Crippen MR) is 86.9 cm³/mol. The Morgan fingerprint density at radius 3 is 2.83 bits per heavy atom. The molecule has 120 valence electrons. The molecule has 3 rings (SSSR count). The molecule has 0 aromatic heterocycles. The van der Waals surface area contributed by atoms with E-state index in [9.17, 15) is 4.79 Å². The number of hydrogen-bond acceptors (Lipinski definition) is 4. The van der Waals surface area contributed by atoms with Gasteiger partial charge in [-0.2, -0.15) is 0 Å². The Kier molecular flexibility index (Phi) is 4.90. The number of aryl methyl sites for hydroxylation is 1. The fraction of sp³-hybridized carbons (Fsp3) is 0.278. The van der Waals surface area contributed by atoms with Gasteiger partial charge in [0.05, 0.1) is 25.5 Å². The number of hydrogen-bond donors (Lipinski definition) is 1. The number of carbonyl (C=O) groups is 1. The number of ether oxygens (including phenoxy) is 3. The number of carbonyl (C=O) groups excluding carboxylic acids is 1. The maximum atomic E-state index is 12.3. The summed E-state index contributed by atoms with van der Waals surface area (Å²) in [4.78, 5) is 12.3. The number of rotatable bonds is 4. The molecule has 23 heavy (non-hydrogen) atoms. The van der Waals surface area contributed by atoms with E-state index < -0.39 is 6.10 Å². The summed E-state index contributed by atoms with van der Waals surface area (Å²) in [6.45, 7) is 3.23. The van der Waals surface area contributed by atoms with E-state index in [1.807, 2.05) is 49.4 Å². The molecule has 0 bridgehead atoms. The SMILES string of the molecule is Cc1cccc(Oc2ccccc2NC(=O)C2COCCO2)c1. The summed E-state index contributed by atoms with van der Waals surface area (Å²) in [5, 5.41) is 2.85. The van der Waals surface area contributed by atoms with Crippen molar-refractivity contribution in [3.8, 4) is 11.5 Å². The highest BCUT2D eigenvalue weighted by Crippen LogP contribution is 2.29. The monoisotopic (exact) mass is 313 g/mol. The summed E-state index contributed by atoms with van der Waals surface area (Å²) in [5.74, 6) is 1.08. The van der Waals surface area contributed by atoms with Gasteiger partial charge in [0.2, 0.25) is 0 Å². The van der Waals surface area contributed by atoms with Gasteiger partial charge >= 0.3 is 0 Å². The van der Waals surface area contributed by atoms with Gasteiger partial charge in [0, 0.05) is 0 Å². The minimum Gasteiger partial charge on any atom is -0.455 e. The van der Waals surface area contributed by atoms with Crippen molar-refractivity contribution in [3.05, 3.63) is 54.1 Å². The number of amides is 1. The van der Waals surface area contributed by atoms with Gasteiger partial charge in [-0.05, 0) is 36.8 Å². The first-order valence-corrected chi connectivity index (χ1v) is 7.56. The van der Waals surface area contributed by atoms with Gasteiger partial charge in [-0.15, -0.1) is 0 Å². The van der Waals surface area contributed by atoms with Gasteiger partial charge in [-0.25, -0.2) is 0 Å². The molecule has 1 fully saturated rings. The molecule has 1 amide bonds. The van der Waals surface area contributed by atoms with Crippen LogP contribution in [0.25, 0.3) is 0 Å². The van der Waals surface area contributed by atoms with Crippen LogP contribution in [0.15, 0.2) is 48.5 Å². The quantitative estimate of drug-likeness (QED) is 0.942. The predicted octanol–water partition coefficient (Wildman–Crippen LogP) is 3.14. The smallest absolute Gasteiger partial charge is 0.256 e. The van der Waals surface area contributed by atoms with Gasteiger partial charge in [0.25, 0.3) is 5.91 Å². The third kappa shape index (κ3) is 4.09. The van der Waals surface area contributed by atoms with E-state index in [2.05, 4.69) is 5.32 Å². The molecule has 1 N–H and O–H groups in total. The van der Waals surface area contributed by atoms with E-state index in [-0.39, 0.29) is 12.5 Å². The lowest BCUT2D eigenvalue weighted by Crippen LogP contribution is -2.39. The standard InChI is InChI=1S/C18H19NO4/c1-13-5-4-6-14(11-13)23-16-8-3-2-7-15(16)19-18(20)17-12-21-9-10-22-17/h2-8,11,17H,9-10,12H2,1H3,(H,19,20). The summed E-state index contributed by atoms with van der Waals surface area (Å²) >= 11 is 0. The van der Waals surface area contributed by atoms with Crippen molar-refractivity contribution < 1.29 is 19.0 Å². The van der Waals surface area contributed by atoms with E-state index in [0.717, 1.165) is 11.3 Å². The molecule has 1 atom stereocenters. The molecular formula is C18H19NO4. The van der Waals surface area contributed by atoms with Crippen LogP contribution >= 0.6 is 0 Å². The number of nitrogens with one attached hydrogen (secondary N) is 1. The van der Waals surface area contributed by atoms with Crippen LogP contribution in [0.1, 0.15) is 5.56 Å². The molecule has 1 unspecified atom stereocenters. The van der Waals surface area contributed by atoms with Crippen molar-refractivity contribution in [1.82, 2.24) is 0 Å². The van der Waals surface area contributed by atoms with Gasteiger partial charge in [0.15, 0.2) is 11.9 Å². The van der Waals surface area contributed by atoms with Crippen LogP contribution in [0.4, 0.5) is 5.69 Å². The molecule has 1 aliphatic heterocycles. The molecule has 1 saturated heterocycles. The molecule has 0 saturated carbocycles. The Morgan fingerprint density at radius 2 is 2.04 bits per heavy atom. The van der Waals surface area contributed by atoms with Crippen LogP contribution in [-0.2, 0) is 14.3 Å². The fourth-order valence-corrected chi connectivity index (χ4v) is 2.32. The lowest BCUT2D eigenvalue weighted by Gasteiger charge is -2.22. The largest absolute Gasteiger partial charge is 0.455 e. The van der Waals surface area contributed by atoms with E-state index >= 15 is 0 Å². The minimum absolute atomic E-state index is 0.231. The third-order valence-corrected chi connectivity index (χ3v) is 3.47. The van der Waals surface area contributed by atoms with Crippen LogP contribution in [0.3, 0.4) is 0 Å². The molecule has 0 aliphatic carbocycles. The van der Waals surface area contributed by atoms with E-state index in [1.54, 1.807) is 6.07 Å². The molecule has 0 spiro atoms. The Bertz CT molecular complexity index is 680. The van der Waals surface area contributed by atoms with Gasteiger partial charge < -0.3 is 19.5 Å². The summed E-state index contributed by atoms with van der Waals surface area (Å²) in [5.41, 5.74) is 1.71. The molecular weight excluding hydrogens is 294 g/mol. The molecule has 2 aromatic rings. The van der Waals surface area contributed by atoms with Gasteiger partial charge in [-0.1, -0.05) is 24.3 Å². The molecule has 5 nitrogen and oxygen atoms in total. The van der Waals surface area contributed by atoms with Crippen molar-refractivity contribution in [2.45, 2.75) is 13.0 Å². The molecule has 5 heteroatoms. The molecule has 1 heterocycles. The van der Waals surface area contributed by atoms with Crippen LogP contribution in [0.5, 0.6) is 11.5 Å². The Labute approximate surface area is 135 Å². The van der Waals surface area contributed by atoms with E-state index in [4.69, 9.17) is 14.2 Å². The molecule has 1 aliphatic rings. The highest BCUT2D eigenvalue weighted by Gasteiger charge is 2.23. The first-order chi connectivity index (χ1) is 11.2. The molecule has 0 radical (unpaired) electrons. The van der Waals surface area contributed by atoms with Gasteiger partial charge in [-0.3, -0.25) is 4.79 Å². The highest BCUT2D eigenvalue weighted by atomic mass is 16.6. The zero-order valence-electron chi connectivity index (χ0n) is 13.0. The van der Waals surface area contributed by atoms with E-state index in [1.165, 1.54) is 0 Å². The second kappa shape index (κ2) is 7.26. The van der Waals surface area contributed by atoms with Crippen LogP contribution < -0.4 is 10.1 Å². The van der Waals surface area contributed by atoms with Crippen molar-refractivity contribution in [1.29, 1.82) is 0 Å². The lowest BCUT2D eigenvalue weighted by molar-refractivity contribution is -0.142. The first-order valence-electron chi connectivity index (χ1n) is 7.56.